The van der Waals surface area contributed by atoms with Gasteiger partial charge in [-0.05, 0) is 48.6 Å². The molecular weight excluding hydrogens is 406 g/mol. The number of nitrogens with zero attached hydrogens (tertiary/aromatic N) is 2. The first kappa shape index (κ1) is 19.6. The third kappa shape index (κ3) is 5.92. The number of anilines is 1. The average molecular weight is 422 g/mol. The zero-order valence-corrected chi connectivity index (χ0v) is 16.6. The summed E-state index contributed by atoms with van der Waals surface area (Å²) < 4.78 is 13.3. The maximum absolute atomic E-state index is 12.0. The van der Waals surface area contributed by atoms with Crippen LogP contribution in [0, 0.1) is 0 Å². The lowest BCUT2D eigenvalue weighted by Crippen LogP contribution is -2.21. The van der Waals surface area contributed by atoms with Gasteiger partial charge in [0.2, 0.25) is 0 Å². The van der Waals surface area contributed by atoms with Crippen LogP contribution in [0.25, 0.3) is 11.0 Å². The molecule has 0 fully saturated rings. The van der Waals surface area contributed by atoms with E-state index in [0.717, 1.165) is 22.4 Å². The zero-order valence-electron chi connectivity index (χ0n) is 14.2. The molecular formula is C18H16ClN3O3S2. The molecule has 0 aliphatic heterocycles. The third-order valence-electron chi connectivity index (χ3n) is 3.53. The van der Waals surface area contributed by atoms with Crippen LogP contribution in [0.2, 0.25) is 5.02 Å². The largest absolute Gasteiger partial charge is 0.456 e. The second kappa shape index (κ2) is 9.68. The minimum atomic E-state index is -0.403. The number of ether oxygens (including phenoxy) is 1. The Bertz CT molecular complexity index is 931. The van der Waals surface area contributed by atoms with Gasteiger partial charge in [-0.25, -0.2) is 0 Å². The van der Waals surface area contributed by atoms with Crippen molar-refractivity contribution in [2.45, 2.75) is 17.7 Å². The van der Waals surface area contributed by atoms with E-state index >= 15 is 0 Å². The molecule has 0 aliphatic rings. The molecule has 3 rings (SSSR count). The summed E-state index contributed by atoms with van der Waals surface area (Å²) in [6.45, 7) is -0.322. The molecule has 3 aromatic rings. The molecule has 0 saturated heterocycles. The monoisotopic (exact) mass is 421 g/mol. The van der Waals surface area contributed by atoms with Crippen LogP contribution in [-0.4, -0.2) is 33.0 Å². The van der Waals surface area contributed by atoms with Gasteiger partial charge in [0, 0.05) is 16.3 Å². The molecule has 27 heavy (non-hydrogen) atoms. The maximum atomic E-state index is 12.0. The van der Waals surface area contributed by atoms with E-state index < -0.39 is 11.9 Å². The number of carbonyl (C=O) groups excluding carboxylic acids is 2. The predicted molar refractivity (Wildman–Crippen MR) is 108 cm³/mol. The molecule has 1 amide bonds. The second-order valence-electron chi connectivity index (χ2n) is 5.55. The molecule has 6 nitrogen and oxygen atoms in total. The van der Waals surface area contributed by atoms with Crippen LogP contribution < -0.4 is 5.32 Å². The Hall–Kier alpha value is -2.16. The zero-order chi connectivity index (χ0) is 19.1. The number of nitrogens with one attached hydrogen (secondary N) is 1. The number of benzene rings is 2. The fourth-order valence-corrected chi connectivity index (χ4v) is 3.78. The number of carbonyl (C=O) groups is 2. The normalized spacial score (nSPS) is 10.7. The summed E-state index contributed by atoms with van der Waals surface area (Å²) in [6.07, 6.45) is 0.928. The molecule has 1 heterocycles. The molecule has 0 unspecified atom stereocenters. The number of amides is 1. The first-order valence-corrected chi connectivity index (χ1v) is 10.3. The number of hydrogen-bond acceptors (Lipinski definition) is 7. The fourth-order valence-electron chi connectivity index (χ4n) is 2.25. The molecule has 0 atom stereocenters. The number of thioether (sulfide) groups is 1. The van der Waals surface area contributed by atoms with Crippen LogP contribution in [0.4, 0.5) is 5.69 Å². The molecule has 1 N–H and O–H groups in total. The Morgan fingerprint density at radius 3 is 2.78 bits per heavy atom. The van der Waals surface area contributed by atoms with Crippen molar-refractivity contribution in [1.29, 1.82) is 0 Å². The smallest absolute Gasteiger partial charge is 0.306 e. The van der Waals surface area contributed by atoms with Crippen molar-refractivity contribution >= 4 is 63.7 Å². The van der Waals surface area contributed by atoms with Gasteiger partial charge in [0.1, 0.15) is 11.0 Å². The molecule has 0 aliphatic carbocycles. The molecule has 0 spiro atoms. The molecule has 9 heteroatoms. The van der Waals surface area contributed by atoms with Crippen LogP contribution in [0.1, 0.15) is 12.8 Å². The minimum absolute atomic E-state index is 0.263. The number of aromatic nitrogens is 2. The predicted octanol–water partition coefficient (Wildman–Crippen LogP) is 4.40. The number of halogens is 1. The van der Waals surface area contributed by atoms with Gasteiger partial charge in [0.25, 0.3) is 5.91 Å². The van der Waals surface area contributed by atoms with Crippen LogP contribution >= 0.6 is 35.1 Å². The highest BCUT2D eigenvalue weighted by Gasteiger charge is 2.11. The first-order chi connectivity index (χ1) is 13.1. The number of fused-ring (bicyclic) bond motifs is 1. The Labute approximate surface area is 169 Å². The number of hydrogen-bond donors (Lipinski definition) is 1. The van der Waals surface area contributed by atoms with Crippen molar-refractivity contribution in [2.75, 3.05) is 17.7 Å². The van der Waals surface area contributed by atoms with Crippen LogP contribution in [0.3, 0.4) is 0 Å². The van der Waals surface area contributed by atoms with Gasteiger partial charge in [0.15, 0.2) is 6.61 Å². The number of esters is 1. The van der Waals surface area contributed by atoms with E-state index in [9.17, 15) is 9.59 Å². The van der Waals surface area contributed by atoms with E-state index in [1.807, 2.05) is 30.3 Å². The van der Waals surface area contributed by atoms with E-state index in [0.29, 0.717) is 28.2 Å². The third-order valence-corrected chi connectivity index (χ3v) is 5.42. The topological polar surface area (TPSA) is 81.2 Å². The Morgan fingerprint density at radius 2 is 1.96 bits per heavy atom. The summed E-state index contributed by atoms with van der Waals surface area (Å²) in [5.74, 6) is -0.0170. The van der Waals surface area contributed by atoms with Gasteiger partial charge in [-0.15, -0.1) is 11.8 Å². The van der Waals surface area contributed by atoms with Crippen molar-refractivity contribution in [3.63, 3.8) is 0 Å². The van der Waals surface area contributed by atoms with E-state index in [2.05, 4.69) is 14.1 Å². The highest BCUT2D eigenvalue weighted by atomic mass is 35.5. The van der Waals surface area contributed by atoms with Gasteiger partial charge < -0.3 is 10.1 Å². The Morgan fingerprint density at radius 1 is 1.15 bits per heavy atom. The van der Waals surface area contributed by atoms with E-state index in [1.165, 1.54) is 0 Å². The molecule has 0 bridgehead atoms. The standard InChI is InChI=1S/C18H16ClN3O3S2/c19-12-6-8-13(9-7-12)26-10-2-5-17(24)25-11-16(23)20-14-3-1-4-15-18(14)22-27-21-15/h1,3-4,6-9H,2,5,10-11H2,(H,20,23). The molecule has 0 radical (unpaired) electrons. The maximum Gasteiger partial charge on any atom is 0.306 e. The van der Waals surface area contributed by atoms with Crippen molar-refractivity contribution in [3.8, 4) is 0 Å². The molecule has 2 aromatic carbocycles. The highest BCUT2D eigenvalue weighted by molar-refractivity contribution is 7.99. The van der Waals surface area contributed by atoms with Gasteiger partial charge in [-0.1, -0.05) is 17.7 Å². The SMILES string of the molecule is O=C(COC(=O)CCCSc1ccc(Cl)cc1)Nc1cccc2nsnc12. The molecule has 140 valence electrons. The molecule has 0 saturated carbocycles. The van der Waals surface area contributed by atoms with E-state index in [4.69, 9.17) is 16.3 Å². The average Bonchev–Trinajstić information content (AvgIpc) is 3.15. The lowest BCUT2D eigenvalue weighted by Gasteiger charge is -2.07. The van der Waals surface area contributed by atoms with Crippen LogP contribution in [0.15, 0.2) is 47.4 Å². The van der Waals surface area contributed by atoms with Crippen molar-refractivity contribution in [3.05, 3.63) is 47.5 Å². The van der Waals surface area contributed by atoms with Crippen LogP contribution in [0.5, 0.6) is 0 Å². The van der Waals surface area contributed by atoms with Gasteiger partial charge >= 0.3 is 5.97 Å². The first-order valence-electron chi connectivity index (χ1n) is 8.17. The lowest BCUT2D eigenvalue weighted by atomic mass is 10.2. The van der Waals surface area contributed by atoms with Gasteiger partial charge in [-0.3, -0.25) is 9.59 Å². The Kier molecular flexibility index (Phi) is 7.03. The summed E-state index contributed by atoms with van der Waals surface area (Å²) in [7, 11) is 0. The molecule has 1 aromatic heterocycles. The summed E-state index contributed by atoms with van der Waals surface area (Å²) in [4.78, 5) is 24.8. The number of rotatable bonds is 8. The minimum Gasteiger partial charge on any atom is -0.456 e. The van der Waals surface area contributed by atoms with Crippen LogP contribution in [-0.2, 0) is 14.3 Å². The van der Waals surface area contributed by atoms with Gasteiger partial charge in [-0.2, -0.15) is 8.75 Å². The summed E-state index contributed by atoms with van der Waals surface area (Å²) in [5.41, 5.74) is 1.90. The van der Waals surface area contributed by atoms with Crippen molar-refractivity contribution in [2.24, 2.45) is 0 Å². The fraction of sp³-hybridized carbons (Fsp3) is 0.222. The Balaban J connectivity index is 1.35. The van der Waals surface area contributed by atoms with Gasteiger partial charge in [0.05, 0.1) is 17.4 Å². The second-order valence-corrected chi connectivity index (χ2v) is 7.69. The quantitative estimate of drug-likeness (QED) is 0.330. The summed E-state index contributed by atoms with van der Waals surface area (Å²) in [5, 5.41) is 3.39. The lowest BCUT2D eigenvalue weighted by molar-refractivity contribution is -0.147. The van der Waals surface area contributed by atoms with E-state index in [1.54, 1.807) is 23.9 Å². The van der Waals surface area contributed by atoms with E-state index in [-0.39, 0.29) is 13.0 Å². The summed E-state index contributed by atoms with van der Waals surface area (Å²) >= 11 is 8.56. The highest BCUT2D eigenvalue weighted by Crippen LogP contribution is 2.22. The van der Waals surface area contributed by atoms with Crippen molar-refractivity contribution in [1.82, 2.24) is 8.75 Å². The van der Waals surface area contributed by atoms with Crippen molar-refractivity contribution < 1.29 is 14.3 Å². The summed E-state index contributed by atoms with van der Waals surface area (Å²) in [6, 6.07) is 12.9.